The van der Waals surface area contributed by atoms with Crippen LogP contribution >= 0.6 is 0 Å². The normalized spacial score (nSPS) is 23.8. The van der Waals surface area contributed by atoms with Crippen LogP contribution in [0.3, 0.4) is 0 Å². The first kappa shape index (κ1) is 24.9. The lowest BCUT2D eigenvalue weighted by Crippen LogP contribution is -2.57. The van der Waals surface area contributed by atoms with Gasteiger partial charge in [-0.15, -0.1) is 0 Å². The maximum atomic E-state index is 13.7. The lowest BCUT2D eigenvalue weighted by atomic mass is 9.71. The van der Waals surface area contributed by atoms with Crippen molar-refractivity contribution in [2.75, 3.05) is 37.7 Å². The minimum Gasteiger partial charge on any atom is -0.353 e. The molecular formula is C25H36FN3O4S. The van der Waals surface area contributed by atoms with Gasteiger partial charge in [-0.1, -0.05) is 31.4 Å². The number of hydrogen-bond acceptors (Lipinski definition) is 4. The van der Waals surface area contributed by atoms with Crippen molar-refractivity contribution in [2.45, 2.75) is 63.3 Å². The van der Waals surface area contributed by atoms with Gasteiger partial charge >= 0.3 is 6.03 Å². The Hall–Kier alpha value is -2.16. The Morgan fingerprint density at radius 1 is 0.971 bits per heavy atom. The molecule has 0 radical (unpaired) electrons. The van der Waals surface area contributed by atoms with E-state index in [2.05, 4.69) is 12.2 Å². The molecule has 1 aliphatic carbocycles. The summed E-state index contributed by atoms with van der Waals surface area (Å²) in [5, 5.41) is 3.28. The van der Waals surface area contributed by atoms with Crippen LogP contribution in [0.2, 0.25) is 0 Å². The summed E-state index contributed by atoms with van der Waals surface area (Å²) < 4.78 is 37.1. The Labute approximate surface area is 202 Å². The second-order valence-corrected chi connectivity index (χ2v) is 12.5. The van der Waals surface area contributed by atoms with E-state index in [4.69, 9.17) is 0 Å². The first-order chi connectivity index (χ1) is 16.2. The van der Waals surface area contributed by atoms with E-state index in [9.17, 15) is 22.4 Å². The summed E-state index contributed by atoms with van der Waals surface area (Å²) in [6.45, 7) is 3.28. The average Bonchev–Trinajstić information content (AvgIpc) is 2.84. The third-order valence-electron chi connectivity index (χ3n) is 8.05. The molecule has 0 bridgehead atoms. The molecule has 3 amide bonds. The summed E-state index contributed by atoms with van der Waals surface area (Å²) in [7, 11) is -3.07. The van der Waals surface area contributed by atoms with Gasteiger partial charge in [-0.25, -0.2) is 17.6 Å². The van der Waals surface area contributed by atoms with Crippen molar-refractivity contribution in [1.29, 1.82) is 0 Å². The Bertz CT molecular complexity index is 970. The largest absolute Gasteiger partial charge is 0.353 e. The van der Waals surface area contributed by atoms with E-state index < -0.39 is 15.3 Å². The van der Waals surface area contributed by atoms with Gasteiger partial charge in [0.15, 0.2) is 9.84 Å². The molecule has 4 rings (SSSR count). The van der Waals surface area contributed by atoms with Crippen molar-refractivity contribution < 1.29 is 22.4 Å². The maximum Gasteiger partial charge on any atom is 0.320 e. The van der Waals surface area contributed by atoms with Crippen molar-refractivity contribution in [3.05, 3.63) is 35.6 Å². The predicted octanol–water partition coefficient (Wildman–Crippen LogP) is 3.09. The monoisotopic (exact) mass is 493 g/mol. The SMILES string of the molecule is C[C@H](NC(=O)C1(c2ccc(F)cc2)CCN(C(=O)N2CCS(=O)(=O)CC2)CC1)C1CCCCC1. The number of rotatable bonds is 4. The number of halogens is 1. The molecule has 2 saturated heterocycles. The number of benzene rings is 1. The first-order valence-corrected chi connectivity index (χ1v) is 14.3. The fourth-order valence-corrected chi connectivity index (χ4v) is 6.90. The van der Waals surface area contributed by atoms with Crippen LogP contribution in [0.1, 0.15) is 57.4 Å². The lowest BCUT2D eigenvalue weighted by Gasteiger charge is -2.43. The third kappa shape index (κ3) is 5.39. The second-order valence-electron chi connectivity index (χ2n) is 10.2. The molecule has 1 aromatic carbocycles. The van der Waals surface area contributed by atoms with E-state index in [1.54, 1.807) is 21.9 Å². The Balaban J connectivity index is 1.47. The molecule has 2 aliphatic heterocycles. The van der Waals surface area contributed by atoms with Crippen LogP contribution in [0.4, 0.5) is 9.18 Å². The van der Waals surface area contributed by atoms with Gasteiger partial charge in [0.05, 0.1) is 16.9 Å². The average molecular weight is 494 g/mol. The zero-order chi connectivity index (χ0) is 24.3. The number of sulfone groups is 1. The molecule has 1 N–H and O–H groups in total. The molecule has 1 saturated carbocycles. The minimum absolute atomic E-state index is 0.00639. The topological polar surface area (TPSA) is 86.8 Å². The second kappa shape index (κ2) is 10.2. The van der Waals surface area contributed by atoms with Gasteiger partial charge in [-0.2, -0.15) is 0 Å². The fraction of sp³-hybridized carbons (Fsp3) is 0.680. The molecule has 0 unspecified atom stereocenters. The van der Waals surface area contributed by atoms with Gasteiger partial charge in [0.1, 0.15) is 5.82 Å². The summed E-state index contributed by atoms with van der Waals surface area (Å²) in [5.41, 5.74) is -0.0445. The standard InChI is InChI=1S/C25H36FN3O4S/c1-19(20-5-3-2-4-6-20)27-23(30)25(21-7-9-22(26)10-8-21)11-13-28(14-12-25)24(31)29-15-17-34(32,33)18-16-29/h7-10,19-20H,2-6,11-18H2,1H3,(H,27,30)/t19-/m0/s1. The molecule has 3 fully saturated rings. The van der Waals surface area contributed by atoms with Crippen LogP contribution in [0.15, 0.2) is 24.3 Å². The predicted molar refractivity (Wildman–Crippen MR) is 129 cm³/mol. The Morgan fingerprint density at radius 3 is 2.12 bits per heavy atom. The van der Waals surface area contributed by atoms with Crippen LogP contribution in [-0.2, 0) is 20.0 Å². The highest BCUT2D eigenvalue weighted by atomic mass is 32.2. The molecule has 1 aromatic rings. The summed E-state index contributed by atoms with van der Waals surface area (Å²) in [4.78, 5) is 30.1. The summed E-state index contributed by atoms with van der Waals surface area (Å²) in [6.07, 6.45) is 6.78. The molecule has 0 spiro atoms. The van der Waals surface area contributed by atoms with Crippen LogP contribution < -0.4 is 5.32 Å². The van der Waals surface area contributed by atoms with Crippen molar-refractivity contribution in [1.82, 2.24) is 15.1 Å². The molecule has 2 heterocycles. The molecule has 188 valence electrons. The van der Waals surface area contributed by atoms with Crippen LogP contribution in [-0.4, -0.2) is 73.9 Å². The van der Waals surface area contributed by atoms with Crippen molar-refractivity contribution >= 4 is 21.8 Å². The smallest absolute Gasteiger partial charge is 0.320 e. The van der Waals surface area contributed by atoms with Gasteiger partial charge in [-0.3, -0.25) is 4.79 Å². The Morgan fingerprint density at radius 2 is 1.53 bits per heavy atom. The van der Waals surface area contributed by atoms with Crippen LogP contribution in [0.5, 0.6) is 0 Å². The number of likely N-dealkylation sites (tertiary alicyclic amines) is 1. The molecule has 0 aromatic heterocycles. The van der Waals surface area contributed by atoms with Gasteiger partial charge < -0.3 is 15.1 Å². The summed E-state index contributed by atoms with van der Waals surface area (Å²) in [5.74, 6) is 0.0668. The van der Waals surface area contributed by atoms with Crippen molar-refractivity contribution in [3.63, 3.8) is 0 Å². The number of carbonyl (C=O) groups is 2. The quantitative estimate of drug-likeness (QED) is 0.698. The summed E-state index contributed by atoms with van der Waals surface area (Å²) >= 11 is 0. The van der Waals surface area contributed by atoms with Gasteiger partial charge in [0.2, 0.25) is 5.91 Å². The van der Waals surface area contributed by atoms with Crippen molar-refractivity contribution in [3.8, 4) is 0 Å². The molecule has 7 nitrogen and oxygen atoms in total. The zero-order valence-electron chi connectivity index (χ0n) is 20.0. The highest BCUT2D eigenvalue weighted by Crippen LogP contribution is 2.37. The van der Waals surface area contributed by atoms with Gasteiger partial charge in [0.25, 0.3) is 0 Å². The first-order valence-electron chi connectivity index (χ1n) is 12.5. The number of hydrogen-bond donors (Lipinski definition) is 1. The van der Waals surface area contributed by atoms with E-state index in [1.807, 2.05) is 0 Å². The van der Waals surface area contributed by atoms with E-state index in [1.165, 1.54) is 31.4 Å². The number of piperidine rings is 1. The molecule has 3 aliphatic rings. The highest BCUT2D eigenvalue weighted by Gasteiger charge is 2.45. The molecule has 9 heteroatoms. The maximum absolute atomic E-state index is 13.7. The van der Waals surface area contributed by atoms with Gasteiger partial charge in [-0.05, 0) is 56.2 Å². The van der Waals surface area contributed by atoms with E-state index in [0.29, 0.717) is 31.8 Å². The number of amides is 3. The molecule has 1 atom stereocenters. The fourth-order valence-electron chi connectivity index (χ4n) is 5.70. The van der Waals surface area contributed by atoms with Gasteiger partial charge in [0, 0.05) is 32.2 Å². The van der Waals surface area contributed by atoms with Crippen molar-refractivity contribution in [2.24, 2.45) is 5.92 Å². The van der Waals surface area contributed by atoms with E-state index >= 15 is 0 Å². The number of urea groups is 1. The number of nitrogens with zero attached hydrogens (tertiary/aromatic N) is 2. The highest BCUT2D eigenvalue weighted by molar-refractivity contribution is 7.91. The number of carbonyl (C=O) groups excluding carboxylic acids is 2. The third-order valence-corrected chi connectivity index (χ3v) is 9.66. The summed E-state index contributed by atoms with van der Waals surface area (Å²) in [6, 6.07) is 6.06. The lowest BCUT2D eigenvalue weighted by molar-refractivity contribution is -0.129. The van der Waals surface area contributed by atoms with E-state index in [-0.39, 0.29) is 48.4 Å². The van der Waals surface area contributed by atoms with Crippen LogP contribution in [0, 0.1) is 11.7 Å². The minimum atomic E-state index is -3.07. The Kier molecular flexibility index (Phi) is 7.50. The van der Waals surface area contributed by atoms with E-state index in [0.717, 1.165) is 18.4 Å². The molecular weight excluding hydrogens is 457 g/mol. The molecule has 34 heavy (non-hydrogen) atoms. The number of nitrogens with one attached hydrogen (secondary N) is 1. The zero-order valence-corrected chi connectivity index (χ0v) is 20.8. The van der Waals surface area contributed by atoms with Crippen LogP contribution in [0.25, 0.3) is 0 Å².